The highest BCUT2D eigenvalue weighted by Crippen LogP contribution is 2.14. The molecule has 0 saturated carbocycles. The summed E-state index contributed by atoms with van der Waals surface area (Å²) >= 11 is 0. The predicted octanol–water partition coefficient (Wildman–Crippen LogP) is 0.739. The summed E-state index contributed by atoms with van der Waals surface area (Å²) in [6, 6.07) is 6.35. The van der Waals surface area contributed by atoms with Crippen LogP contribution < -0.4 is 4.72 Å². The molecule has 1 atom stereocenters. The monoisotopic (exact) mass is 281 g/mol. The molecular weight excluding hydrogens is 266 g/mol. The minimum Gasteiger partial charge on any atom is -0.208 e. The predicted molar refractivity (Wildman–Crippen MR) is 69.2 cm³/mol. The molecule has 0 spiro atoms. The first-order chi connectivity index (χ1) is 9.03. The molecule has 19 heavy (non-hydrogen) atoms. The van der Waals surface area contributed by atoms with Gasteiger partial charge in [-0.15, -0.1) is 5.10 Å². The van der Waals surface area contributed by atoms with Gasteiger partial charge in [-0.3, -0.25) is 0 Å². The molecule has 2 rings (SSSR count). The van der Waals surface area contributed by atoms with Crippen LogP contribution in [-0.2, 0) is 10.0 Å². The third-order valence-electron chi connectivity index (χ3n) is 2.71. The maximum Gasteiger partial charge on any atom is 0.240 e. The Balaban J connectivity index is 2.33. The molecule has 0 unspecified atom stereocenters. The van der Waals surface area contributed by atoms with Gasteiger partial charge in [0.15, 0.2) is 0 Å². The first-order valence-corrected chi connectivity index (χ1v) is 7.37. The molecule has 2 aromatic rings. The number of benzene rings is 1. The molecule has 1 N–H and O–H groups in total. The number of aromatic nitrogens is 4. The molecular formula is C11H15N5O2S. The minimum absolute atomic E-state index is 0.110. The number of nitrogens with zero attached hydrogens (tertiary/aromatic N) is 4. The van der Waals surface area contributed by atoms with Crippen molar-refractivity contribution in [2.24, 2.45) is 0 Å². The van der Waals surface area contributed by atoms with Crippen LogP contribution in [0.4, 0.5) is 0 Å². The summed E-state index contributed by atoms with van der Waals surface area (Å²) in [5.41, 5.74) is 0.594. The fourth-order valence-electron chi connectivity index (χ4n) is 1.49. The Hall–Kier alpha value is -1.80. The summed E-state index contributed by atoms with van der Waals surface area (Å²) < 4.78 is 28.3. The molecule has 0 aliphatic carbocycles. The number of rotatable bonds is 5. The van der Waals surface area contributed by atoms with Crippen molar-refractivity contribution >= 4 is 10.0 Å². The van der Waals surface area contributed by atoms with Crippen LogP contribution in [0.3, 0.4) is 0 Å². The Labute approximate surface area is 111 Å². The van der Waals surface area contributed by atoms with Crippen LogP contribution in [0.1, 0.15) is 20.3 Å². The van der Waals surface area contributed by atoms with Gasteiger partial charge in [0.2, 0.25) is 10.0 Å². The maximum absolute atomic E-state index is 12.2. The van der Waals surface area contributed by atoms with E-state index >= 15 is 0 Å². The summed E-state index contributed by atoms with van der Waals surface area (Å²) in [6.07, 6.45) is 2.14. The fraction of sp³-hybridized carbons (Fsp3) is 0.364. The van der Waals surface area contributed by atoms with E-state index in [4.69, 9.17) is 0 Å². The van der Waals surface area contributed by atoms with Crippen molar-refractivity contribution in [1.82, 2.24) is 24.9 Å². The second-order valence-corrected chi connectivity index (χ2v) is 5.90. The lowest BCUT2D eigenvalue weighted by Crippen LogP contribution is -2.32. The van der Waals surface area contributed by atoms with Crippen LogP contribution in [0, 0.1) is 0 Å². The van der Waals surface area contributed by atoms with Crippen LogP contribution in [0.5, 0.6) is 0 Å². The Bertz CT molecular complexity index is 639. The summed E-state index contributed by atoms with van der Waals surface area (Å²) in [6.45, 7) is 3.74. The van der Waals surface area contributed by atoms with Crippen molar-refractivity contribution in [3.8, 4) is 5.69 Å². The van der Waals surface area contributed by atoms with E-state index in [1.807, 2.05) is 13.8 Å². The largest absolute Gasteiger partial charge is 0.240 e. The van der Waals surface area contributed by atoms with Crippen molar-refractivity contribution < 1.29 is 8.42 Å². The van der Waals surface area contributed by atoms with E-state index < -0.39 is 10.0 Å². The van der Waals surface area contributed by atoms with Crippen LogP contribution in [0.2, 0.25) is 0 Å². The lowest BCUT2D eigenvalue weighted by atomic mass is 10.3. The van der Waals surface area contributed by atoms with Gasteiger partial charge in [0.1, 0.15) is 6.33 Å². The lowest BCUT2D eigenvalue weighted by Gasteiger charge is -2.12. The van der Waals surface area contributed by atoms with E-state index in [0.29, 0.717) is 5.69 Å². The zero-order valence-electron chi connectivity index (χ0n) is 10.7. The molecule has 0 bridgehead atoms. The number of hydrogen-bond acceptors (Lipinski definition) is 5. The maximum atomic E-state index is 12.2. The van der Waals surface area contributed by atoms with E-state index in [0.717, 1.165) is 6.42 Å². The average molecular weight is 281 g/mol. The Kier molecular flexibility index (Phi) is 3.91. The molecule has 1 heterocycles. The summed E-state index contributed by atoms with van der Waals surface area (Å²) in [5.74, 6) is 0. The normalized spacial score (nSPS) is 13.4. The highest BCUT2D eigenvalue weighted by atomic mass is 32.2. The standard InChI is InChI=1S/C11H15N5O2S/c1-3-9(2)13-19(17,18)11-6-4-5-10(7-11)16-8-12-14-15-16/h4-9,13H,3H2,1-2H3/t9-/m1/s1. The second kappa shape index (κ2) is 5.45. The van der Waals surface area contributed by atoms with Crippen LogP contribution in [0.15, 0.2) is 35.5 Å². The molecule has 0 amide bonds. The van der Waals surface area contributed by atoms with E-state index in [-0.39, 0.29) is 10.9 Å². The molecule has 1 aromatic carbocycles. The number of sulfonamides is 1. The second-order valence-electron chi connectivity index (χ2n) is 4.18. The van der Waals surface area contributed by atoms with Gasteiger partial charge in [-0.05, 0) is 42.0 Å². The number of tetrazole rings is 1. The molecule has 1 aromatic heterocycles. The zero-order valence-corrected chi connectivity index (χ0v) is 11.5. The number of nitrogens with one attached hydrogen (secondary N) is 1. The lowest BCUT2D eigenvalue weighted by molar-refractivity contribution is 0.555. The molecule has 7 nitrogen and oxygen atoms in total. The Morgan fingerprint density at radius 3 is 2.84 bits per heavy atom. The van der Waals surface area contributed by atoms with Gasteiger partial charge in [-0.1, -0.05) is 13.0 Å². The van der Waals surface area contributed by atoms with Crippen LogP contribution >= 0.6 is 0 Å². The summed E-state index contributed by atoms with van der Waals surface area (Å²) in [7, 11) is -3.52. The van der Waals surface area contributed by atoms with Gasteiger partial charge >= 0.3 is 0 Å². The van der Waals surface area contributed by atoms with Crippen LogP contribution in [0.25, 0.3) is 5.69 Å². The minimum atomic E-state index is -3.52. The van der Waals surface area contributed by atoms with Crippen LogP contribution in [-0.4, -0.2) is 34.7 Å². The Morgan fingerprint density at radius 2 is 2.21 bits per heavy atom. The quantitative estimate of drug-likeness (QED) is 0.873. The molecule has 0 fully saturated rings. The third kappa shape index (κ3) is 3.15. The highest BCUT2D eigenvalue weighted by Gasteiger charge is 2.17. The molecule has 0 saturated heterocycles. The summed E-state index contributed by atoms with van der Waals surface area (Å²) in [5, 5.41) is 10.8. The summed E-state index contributed by atoms with van der Waals surface area (Å²) in [4.78, 5) is 0.195. The Morgan fingerprint density at radius 1 is 1.42 bits per heavy atom. The van der Waals surface area contributed by atoms with Crippen molar-refractivity contribution in [2.75, 3.05) is 0 Å². The first-order valence-electron chi connectivity index (χ1n) is 5.88. The smallest absolute Gasteiger partial charge is 0.208 e. The fourth-order valence-corrected chi connectivity index (χ4v) is 2.86. The molecule has 0 aliphatic rings. The van der Waals surface area contributed by atoms with Crippen molar-refractivity contribution in [2.45, 2.75) is 31.2 Å². The van der Waals surface area contributed by atoms with Crippen molar-refractivity contribution in [1.29, 1.82) is 0 Å². The third-order valence-corrected chi connectivity index (χ3v) is 4.30. The highest BCUT2D eigenvalue weighted by molar-refractivity contribution is 7.89. The van der Waals surface area contributed by atoms with E-state index in [1.165, 1.54) is 17.1 Å². The first kappa shape index (κ1) is 13.6. The van der Waals surface area contributed by atoms with Gasteiger partial charge < -0.3 is 0 Å². The topological polar surface area (TPSA) is 89.8 Å². The molecule has 8 heteroatoms. The van der Waals surface area contributed by atoms with Crippen molar-refractivity contribution in [3.05, 3.63) is 30.6 Å². The molecule has 0 aliphatic heterocycles. The molecule has 102 valence electrons. The van der Waals surface area contributed by atoms with Gasteiger partial charge in [0, 0.05) is 6.04 Å². The van der Waals surface area contributed by atoms with Crippen molar-refractivity contribution in [3.63, 3.8) is 0 Å². The molecule has 0 radical (unpaired) electrons. The van der Waals surface area contributed by atoms with Gasteiger partial charge in [0.25, 0.3) is 0 Å². The zero-order chi connectivity index (χ0) is 13.9. The van der Waals surface area contributed by atoms with E-state index in [9.17, 15) is 8.42 Å². The SMILES string of the molecule is CC[C@@H](C)NS(=O)(=O)c1cccc(-n2cnnn2)c1. The number of hydrogen-bond donors (Lipinski definition) is 1. The van der Waals surface area contributed by atoms with E-state index in [2.05, 4.69) is 20.2 Å². The van der Waals surface area contributed by atoms with E-state index in [1.54, 1.807) is 18.2 Å². The van der Waals surface area contributed by atoms with Gasteiger partial charge in [0.05, 0.1) is 10.6 Å². The van der Waals surface area contributed by atoms with Gasteiger partial charge in [-0.2, -0.15) is 0 Å². The average Bonchev–Trinajstić information content (AvgIpc) is 2.92. The van der Waals surface area contributed by atoms with Gasteiger partial charge in [-0.25, -0.2) is 17.8 Å².